The molecule has 0 aliphatic heterocycles. The van der Waals surface area contributed by atoms with Gasteiger partial charge in [0, 0.05) is 0 Å². The van der Waals surface area contributed by atoms with Crippen LogP contribution < -0.4 is 0 Å². The maximum absolute atomic E-state index is 5.36. The predicted molar refractivity (Wildman–Crippen MR) is 59.6 cm³/mol. The number of allylic oxidation sites excluding steroid dienone is 3. The van der Waals surface area contributed by atoms with Crippen molar-refractivity contribution >= 4 is 6.21 Å². The molecule has 0 aromatic carbocycles. The molecule has 0 amide bonds. The fourth-order valence-electron chi connectivity index (χ4n) is 1.05. The Morgan fingerprint density at radius 1 is 1.36 bits per heavy atom. The summed E-state index contributed by atoms with van der Waals surface area (Å²) in [6, 6.07) is 3.83. The largest absolute Gasteiger partial charge is 0.460 e. The Balaban J connectivity index is 2.72. The fourth-order valence-corrected chi connectivity index (χ4v) is 1.05. The SMILES string of the molecule is C\C=C/C(=C\C)/N=C/c1ccc(C)o1. The second kappa shape index (κ2) is 5.22. The topological polar surface area (TPSA) is 25.5 Å². The van der Waals surface area contributed by atoms with Crippen molar-refractivity contribution in [1.29, 1.82) is 0 Å². The van der Waals surface area contributed by atoms with Crippen LogP contribution in [0.4, 0.5) is 0 Å². The van der Waals surface area contributed by atoms with Crippen LogP contribution in [0.25, 0.3) is 0 Å². The third kappa shape index (κ3) is 3.05. The van der Waals surface area contributed by atoms with Gasteiger partial charge >= 0.3 is 0 Å². The Labute approximate surface area is 84.7 Å². The van der Waals surface area contributed by atoms with Crippen molar-refractivity contribution < 1.29 is 4.42 Å². The van der Waals surface area contributed by atoms with E-state index in [1.54, 1.807) is 6.21 Å². The summed E-state index contributed by atoms with van der Waals surface area (Å²) in [4.78, 5) is 4.27. The maximum atomic E-state index is 5.36. The Morgan fingerprint density at radius 2 is 2.14 bits per heavy atom. The van der Waals surface area contributed by atoms with Crippen molar-refractivity contribution in [3.63, 3.8) is 0 Å². The number of nitrogens with zero attached hydrogens (tertiary/aromatic N) is 1. The summed E-state index contributed by atoms with van der Waals surface area (Å²) in [5.41, 5.74) is 0.932. The molecule has 0 atom stereocenters. The number of hydrogen-bond donors (Lipinski definition) is 0. The van der Waals surface area contributed by atoms with Gasteiger partial charge in [0.05, 0.1) is 11.9 Å². The maximum Gasteiger partial charge on any atom is 0.145 e. The molecule has 1 aromatic heterocycles. The van der Waals surface area contributed by atoms with E-state index in [0.717, 1.165) is 17.2 Å². The molecule has 0 unspecified atom stereocenters. The Bertz CT molecular complexity index is 369. The summed E-state index contributed by atoms with van der Waals surface area (Å²) >= 11 is 0. The lowest BCUT2D eigenvalue weighted by molar-refractivity contribution is 0.528. The number of hydrogen-bond acceptors (Lipinski definition) is 2. The zero-order valence-corrected chi connectivity index (χ0v) is 8.82. The second-order valence-electron chi connectivity index (χ2n) is 2.92. The monoisotopic (exact) mass is 189 g/mol. The van der Waals surface area contributed by atoms with Gasteiger partial charge in [-0.1, -0.05) is 12.2 Å². The number of rotatable bonds is 3. The first-order valence-corrected chi connectivity index (χ1v) is 4.65. The third-order valence-electron chi connectivity index (χ3n) is 1.74. The molecule has 0 saturated heterocycles. The average Bonchev–Trinajstić information content (AvgIpc) is 2.59. The predicted octanol–water partition coefficient (Wildman–Crippen LogP) is 3.49. The lowest BCUT2D eigenvalue weighted by Gasteiger charge is -1.90. The highest BCUT2D eigenvalue weighted by Crippen LogP contribution is 2.05. The molecule has 0 saturated carbocycles. The van der Waals surface area contributed by atoms with E-state index in [0.29, 0.717) is 0 Å². The molecule has 0 radical (unpaired) electrons. The van der Waals surface area contributed by atoms with Crippen molar-refractivity contribution in [1.82, 2.24) is 0 Å². The molecule has 14 heavy (non-hydrogen) atoms. The molecule has 1 heterocycles. The number of furan rings is 1. The normalized spacial score (nSPS) is 13.2. The summed E-state index contributed by atoms with van der Waals surface area (Å²) in [6.45, 7) is 5.84. The zero-order valence-electron chi connectivity index (χ0n) is 8.82. The van der Waals surface area contributed by atoms with Gasteiger partial charge in [-0.15, -0.1) is 0 Å². The van der Waals surface area contributed by atoms with E-state index < -0.39 is 0 Å². The summed E-state index contributed by atoms with van der Waals surface area (Å²) in [5, 5.41) is 0. The first kappa shape index (κ1) is 10.5. The van der Waals surface area contributed by atoms with Crippen LogP contribution in [0.1, 0.15) is 25.4 Å². The van der Waals surface area contributed by atoms with Gasteiger partial charge in [-0.05, 0) is 39.0 Å². The molecular formula is C12H15NO. The second-order valence-corrected chi connectivity index (χ2v) is 2.92. The lowest BCUT2D eigenvalue weighted by Crippen LogP contribution is -1.77. The molecule has 0 fully saturated rings. The Kier molecular flexibility index (Phi) is 3.92. The average molecular weight is 189 g/mol. The summed E-state index contributed by atoms with van der Waals surface area (Å²) in [6.07, 6.45) is 7.58. The third-order valence-corrected chi connectivity index (χ3v) is 1.74. The van der Waals surface area contributed by atoms with Gasteiger partial charge < -0.3 is 4.42 Å². The molecule has 1 rings (SSSR count). The Hall–Kier alpha value is -1.57. The highest BCUT2D eigenvalue weighted by atomic mass is 16.3. The number of aryl methyl sites for hydroxylation is 1. The van der Waals surface area contributed by atoms with Gasteiger partial charge in [-0.3, -0.25) is 4.99 Å². The molecule has 74 valence electrons. The van der Waals surface area contributed by atoms with Crippen molar-refractivity contribution in [3.05, 3.63) is 47.6 Å². The summed E-state index contributed by atoms with van der Waals surface area (Å²) in [7, 11) is 0. The molecule has 0 spiro atoms. The van der Waals surface area contributed by atoms with Crippen LogP contribution >= 0.6 is 0 Å². The smallest absolute Gasteiger partial charge is 0.145 e. The molecule has 0 aliphatic carbocycles. The lowest BCUT2D eigenvalue weighted by atomic mass is 10.4. The van der Waals surface area contributed by atoms with E-state index in [2.05, 4.69) is 4.99 Å². The van der Waals surface area contributed by atoms with Crippen molar-refractivity contribution in [2.75, 3.05) is 0 Å². The van der Waals surface area contributed by atoms with Gasteiger partial charge in [-0.25, -0.2) is 0 Å². The summed E-state index contributed by atoms with van der Waals surface area (Å²) in [5.74, 6) is 1.69. The van der Waals surface area contributed by atoms with Crippen LogP contribution in [0.5, 0.6) is 0 Å². The van der Waals surface area contributed by atoms with Gasteiger partial charge in [-0.2, -0.15) is 0 Å². The van der Waals surface area contributed by atoms with Crippen LogP contribution in [0, 0.1) is 6.92 Å². The van der Waals surface area contributed by atoms with Crippen LogP contribution in [0.3, 0.4) is 0 Å². The van der Waals surface area contributed by atoms with Gasteiger partial charge in [0.25, 0.3) is 0 Å². The molecular weight excluding hydrogens is 174 g/mol. The minimum atomic E-state index is 0.784. The molecule has 2 heteroatoms. The summed E-state index contributed by atoms with van der Waals surface area (Å²) < 4.78 is 5.36. The van der Waals surface area contributed by atoms with Crippen LogP contribution in [0.2, 0.25) is 0 Å². The van der Waals surface area contributed by atoms with E-state index >= 15 is 0 Å². The molecule has 0 bridgehead atoms. The quantitative estimate of drug-likeness (QED) is 0.528. The van der Waals surface area contributed by atoms with Crippen LogP contribution in [0.15, 0.2) is 45.5 Å². The van der Waals surface area contributed by atoms with Gasteiger partial charge in [0.1, 0.15) is 11.5 Å². The van der Waals surface area contributed by atoms with E-state index in [9.17, 15) is 0 Å². The molecule has 1 aromatic rings. The minimum Gasteiger partial charge on any atom is -0.460 e. The highest BCUT2D eigenvalue weighted by molar-refractivity contribution is 5.77. The standard InChI is InChI=1S/C12H15NO/c1-4-6-11(5-2)13-9-12-8-7-10(3)14-12/h4-9H,1-3H3/b6-4-,11-5+,13-9+. The van der Waals surface area contributed by atoms with Crippen molar-refractivity contribution in [2.45, 2.75) is 20.8 Å². The van der Waals surface area contributed by atoms with E-state index in [4.69, 9.17) is 4.42 Å². The van der Waals surface area contributed by atoms with Gasteiger partial charge in [0.15, 0.2) is 0 Å². The molecule has 0 aliphatic rings. The highest BCUT2D eigenvalue weighted by Gasteiger charge is 1.93. The number of aliphatic imine (C=N–C) groups is 1. The minimum absolute atomic E-state index is 0.784. The van der Waals surface area contributed by atoms with Crippen LogP contribution in [-0.4, -0.2) is 6.21 Å². The zero-order chi connectivity index (χ0) is 10.4. The molecule has 0 N–H and O–H groups in total. The van der Waals surface area contributed by atoms with Gasteiger partial charge in [0.2, 0.25) is 0 Å². The van der Waals surface area contributed by atoms with Crippen molar-refractivity contribution in [3.8, 4) is 0 Å². The first-order chi connectivity index (χ1) is 6.76. The van der Waals surface area contributed by atoms with E-state index in [1.807, 2.05) is 51.1 Å². The first-order valence-electron chi connectivity index (χ1n) is 4.65. The van der Waals surface area contributed by atoms with Crippen molar-refractivity contribution in [2.24, 2.45) is 4.99 Å². The molecule has 2 nitrogen and oxygen atoms in total. The fraction of sp³-hybridized carbons (Fsp3) is 0.250. The van der Waals surface area contributed by atoms with E-state index in [-0.39, 0.29) is 0 Å². The van der Waals surface area contributed by atoms with E-state index in [1.165, 1.54) is 0 Å². The Morgan fingerprint density at radius 3 is 2.64 bits per heavy atom. The van der Waals surface area contributed by atoms with Crippen LogP contribution in [-0.2, 0) is 0 Å².